The van der Waals surface area contributed by atoms with Gasteiger partial charge in [0.05, 0.1) is 29.5 Å². The molecule has 0 aliphatic heterocycles. The highest BCUT2D eigenvalue weighted by Gasteiger charge is 2.30. The monoisotopic (exact) mass is 229 g/mol. The van der Waals surface area contributed by atoms with Crippen LogP contribution in [-0.2, 0) is 17.8 Å². The highest BCUT2D eigenvalue weighted by Crippen LogP contribution is 2.30. The first-order chi connectivity index (χ1) is 7.52. The molecule has 0 spiro atoms. The molecule has 16 heavy (non-hydrogen) atoms. The van der Waals surface area contributed by atoms with Crippen molar-refractivity contribution in [2.24, 2.45) is 0 Å². The van der Waals surface area contributed by atoms with E-state index in [0.717, 1.165) is 12.1 Å². The first-order valence-electron chi connectivity index (χ1n) is 4.62. The van der Waals surface area contributed by atoms with E-state index in [2.05, 4.69) is 4.98 Å². The van der Waals surface area contributed by atoms with E-state index in [1.807, 2.05) is 0 Å². The molecule has 1 heterocycles. The number of aromatic nitrogens is 2. The normalized spacial score (nSPS) is 12.2. The van der Waals surface area contributed by atoms with Gasteiger partial charge >= 0.3 is 6.18 Å². The molecule has 0 unspecified atom stereocenters. The Bertz CT molecular complexity index is 504. The van der Waals surface area contributed by atoms with E-state index in [9.17, 15) is 18.3 Å². The van der Waals surface area contributed by atoms with Crippen LogP contribution in [0.2, 0.25) is 0 Å². The van der Waals surface area contributed by atoms with Crippen molar-refractivity contribution in [3.63, 3.8) is 0 Å². The third-order valence-corrected chi connectivity index (χ3v) is 2.28. The van der Waals surface area contributed by atoms with Crippen LogP contribution in [0.5, 0.6) is 0 Å². The van der Waals surface area contributed by atoms with Gasteiger partial charge in [-0.15, -0.1) is 0 Å². The van der Waals surface area contributed by atoms with E-state index in [1.54, 1.807) is 4.57 Å². The number of halogens is 3. The molecule has 0 amide bonds. The molecule has 2 rings (SSSR count). The second-order valence-corrected chi connectivity index (χ2v) is 3.34. The highest BCUT2D eigenvalue weighted by molar-refractivity contribution is 5.76. The molecule has 1 aromatic heterocycles. The average molecular weight is 229 g/mol. The van der Waals surface area contributed by atoms with Gasteiger partial charge in [-0.25, -0.2) is 10.1 Å². The van der Waals surface area contributed by atoms with E-state index >= 15 is 0 Å². The molecule has 2 aromatic rings. The molecule has 3 nitrogen and oxygen atoms in total. The van der Waals surface area contributed by atoms with Crippen molar-refractivity contribution in [3.8, 4) is 0 Å². The van der Waals surface area contributed by atoms with Crippen LogP contribution in [0, 0.1) is 0 Å². The number of hydrogen-bond acceptors (Lipinski definition) is 1. The minimum absolute atomic E-state index is 0.210. The van der Waals surface area contributed by atoms with Crippen LogP contribution < -0.4 is 0 Å². The molecule has 1 aromatic carbocycles. The molecule has 0 bridgehead atoms. The van der Waals surface area contributed by atoms with Crippen molar-refractivity contribution < 1.29 is 18.3 Å². The Morgan fingerprint density at radius 1 is 1.31 bits per heavy atom. The maximum Gasteiger partial charge on any atom is 0.416 e. The summed E-state index contributed by atoms with van der Waals surface area (Å²) >= 11 is 0. The highest BCUT2D eigenvalue weighted by atomic mass is 19.4. The first-order valence-corrected chi connectivity index (χ1v) is 4.62. The first kappa shape index (κ1) is 10.9. The lowest BCUT2D eigenvalue weighted by Crippen LogP contribution is -2.04. The van der Waals surface area contributed by atoms with Crippen LogP contribution in [0.1, 0.15) is 5.56 Å². The van der Waals surface area contributed by atoms with Crippen LogP contribution in [0.3, 0.4) is 0 Å². The Kier molecular flexibility index (Phi) is 2.59. The zero-order valence-corrected chi connectivity index (χ0v) is 8.16. The summed E-state index contributed by atoms with van der Waals surface area (Å²) in [7, 11) is 0. The predicted molar refractivity (Wildman–Crippen MR) is 50.3 cm³/mol. The molecular formula is C10H8F3N2O. The third kappa shape index (κ3) is 1.88. The quantitative estimate of drug-likeness (QED) is 0.779. The van der Waals surface area contributed by atoms with Crippen LogP contribution in [-0.4, -0.2) is 16.2 Å². The van der Waals surface area contributed by atoms with Crippen molar-refractivity contribution in [3.05, 3.63) is 30.1 Å². The topological polar surface area (TPSA) is 37.7 Å². The Morgan fingerprint density at radius 2 is 2.06 bits per heavy atom. The molecule has 0 aliphatic rings. The SMILES string of the molecule is [O]CCn1cnc2cc(C(F)(F)F)ccc21. The Morgan fingerprint density at radius 3 is 2.69 bits per heavy atom. The average Bonchev–Trinajstić information content (AvgIpc) is 2.60. The van der Waals surface area contributed by atoms with Crippen LogP contribution in [0.25, 0.3) is 11.0 Å². The Labute approximate surface area is 89.1 Å². The fraction of sp³-hybridized carbons (Fsp3) is 0.300. The molecule has 0 atom stereocenters. The summed E-state index contributed by atoms with van der Waals surface area (Å²) in [6.07, 6.45) is -2.99. The smallest absolute Gasteiger partial charge is 0.328 e. The summed E-state index contributed by atoms with van der Waals surface area (Å²) in [5.41, 5.74) is 0.0690. The van der Waals surface area contributed by atoms with Gasteiger partial charge in [0, 0.05) is 0 Å². The maximum absolute atomic E-state index is 12.4. The molecule has 1 radical (unpaired) electrons. The largest absolute Gasteiger partial charge is 0.416 e. The van der Waals surface area contributed by atoms with Crippen LogP contribution >= 0.6 is 0 Å². The van der Waals surface area contributed by atoms with E-state index < -0.39 is 11.7 Å². The number of nitrogens with zero attached hydrogens (tertiary/aromatic N) is 2. The fourth-order valence-electron chi connectivity index (χ4n) is 1.52. The van der Waals surface area contributed by atoms with Gasteiger partial charge in [-0.3, -0.25) is 0 Å². The molecule has 0 saturated carbocycles. The lowest BCUT2D eigenvalue weighted by atomic mass is 10.2. The fourth-order valence-corrected chi connectivity index (χ4v) is 1.52. The van der Waals surface area contributed by atoms with Crippen LogP contribution in [0.15, 0.2) is 24.5 Å². The molecule has 0 fully saturated rings. The summed E-state index contributed by atoms with van der Waals surface area (Å²) in [6.45, 7) is -0.117. The van der Waals surface area contributed by atoms with Crippen molar-refractivity contribution in [2.45, 2.75) is 12.7 Å². The molecule has 6 heteroatoms. The van der Waals surface area contributed by atoms with E-state index in [4.69, 9.17) is 0 Å². The van der Waals surface area contributed by atoms with Gasteiger partial charge in [0.2, 0.25) is 0 Å². The van der Waals surface area contributed by atoms with Gasteiger partial charge in [0.1, 0.15) is 6.61 Å². The summed E-state index contributed by atoms with van der Waals surface area (Å²) < 4.78 is 38.7. The number of imidazole rings is 1. The van der Waals surface area contributed by atoms with Crippen molar-refractivity contribution in [1.82, 2.24) is 9.55 Å². The standard InChI is InChI=1S/C10H8F3N2O/c11-10(12,13)7-1-2-9-8(5-7)14-6-15(9)3-4-16/h1-2,5-6H,3-4H2. The van der Waals surface area contributed by atoms with E-state index in [1.165, 1.54) is 12.4 Å². The molecule has 0 N–H and O–H groups in total. The van der Waals surface area contributed by atoms with Crippen molar-refractivity contribution >= 4 is 11.0 Å². The zero-order chi connectivity index (χ0) is 11.8. The number of fused-ring (bicyclic) bond motifs is 1. The van der Waals surface area contributed by atoms with Crippen LogP contribution in [0.4, 0.5) is 13.2 Å². The molecule has 0 aliphatic carbocycles. The Hall–Kier alpha value is -1.56. The molecule has 0 saturated heterocycles. The van der Waals surface area contributed by atoms with E-state index in [-0.39, 0.29) is 18.7 Å². The zero-order valence-electron chi connectivity index (χ0n) is 8.16. The van der Waals surface area contributed by atoms with Gasteiger partial charge < -0.3 is 4.57 Å². The summed E-state index contributed by atoms with van der Waals surface area (Å²) in [5.74, 6) is 0. The summed E-state index contributed by atoms with van der Waals surface area (Å²) in [5, 5.41) is 10.4. The third-order valence-electron chi connectivity index (χ3n) is 2.28. The maximum atomic E-state index is 12.4. The molecular weight excluding hydrogens is 221 g/mol. The van der Waals surface area contributed by atoms with Gasteiger partial charge in [-0.2, -0.15) is 13.2 Å². The molecule has 85 valence electrons. The van der Waals surface area contributed by atoms with Gasteiger partial charge in [0.15, 0.2) is 0 Å². The Balaban J connectivity index is 2.49. The summed E-state index contributed by atoms with van der Waals surface area (Å²) in [4.78, 5) is 3.84. The van der Waals surface area contributed by atoms with Crippen molar-refractivity contribution in [2.75, 3.05) is 6.61 Å². The number of alkyl halides is 3. The second-order valence-electron chi connectivity index (χ2n) is 3.34. The van der Waals surface area contributed by atoms with E-state index in [0.29, 0.717) is 5.52 Å². The lowest BCUT2D eigenvalue weighted by Gasteiger charge is -2.06. The lowest BCUT2D eigenvalue weighted by molar-refractivity contribution is -0.137. The van der Waals surface area contributed by atoms with Gasteiger partial charge in [-0.05, 0) is 18.2 Å². The number of benzene rings is 1. The number of hydrogen-bond donors (Lipinski definition) is 0. The second kappa shape index (κ2) is 3.79. The van der Waals surface area contributed by atoms with Gasteiger partial charge in [0.25, 0.3) is 0 Å². The minimum Gasteiger partial charge on any atom is -0.328 e. The van der Waals surface area contributed by atoms with Crippen molar-refractivity contribution in [1.29, 1.82) is 0 Å². The predicted octanol–water partition coefficient (Wildman–Crippen LogP) is 2.49. The summed E-state index contributed by atoms with van der Waals surface area (Å²) in [6, 6.07) is 3.31. The van der Waals surface area contributed by atoms with Gasteiger partial charge in [-0.1, -0.05) is 0 Å². The minimum atomic E-state index is -4.36. The number of rotatable bonds is 2.